The highest BCUT2D eigenvalue weighted by Crippen LogP contribution is 2.28. The van der Waals surface area contributed by atoms with E-state index in [0.717, 1.165) is 11.6 Å². The van der Waals surface area contributed by atoms with Crippen LogP contribution in [-0.4, -0.2) is 13.1 Å². The fraction of sp³-hybridized carbons (Fsp3) is 0.571. The van der Waals surface area contributed by atoms with Gasteiger partial charge in [0.25, 0.3) is 0 Å². The zero-order valence-corrected chi connectivity index (χ0v) is 10.6. The first-order chi connectivity index (χ1) is 7.58. The van der Waals surface area contributed by atoms with Gasteiger partial charge in [0.2, 0.25) is 0 Å². The monoisotopic (exact) mass is 218 g/mol. The summed E-state index contributed by atoms with van der Waals surface area (Å²) in [4.78, 5) is 2.49. The van der Waals surface area contributed by atoms with Gasteiger partial charge in [-0.05, 0) is 55.9 Å². The molecule has 2 N–H and O–H groups in total. The van der Waals surface area contributed by atoms with Gasteiger partial charge < -0.3 is 10.6 Å². The molecule has 1 aromatic carbocycles. The molecule has 1 fully saturated rings. The van der Waals surface area contributed by atoms with Gasteiger partial charge in [-0.25, -0.2) is 0 Å². The van der Waals surface area contributed by atoms with Gasteiger partial charge in [-0.1, -0.05) is 6.92 Å². The molecule has 1 aliphatic rings. The third-order valence-electron chi connectivity index (χ3n) is 3.73. The molecular formula is C14H22N2. The third-order valence-corrected chi connectivity index (χ3v) is 3.73. The quantitative estimate of drug-likeness (QED) is 0.734. The molecule has 0 atom stereocenters. The lowest BCUT2D eigenvalue weighted by Crippen LogP contribution is -2.32. The second kappa shape index (κ2) is 4.36. The molecule has 16 heavy (non-hydrogen) atoms. The molecule has 0 amide bonds. The van der Waals surface area contributed by atoms with E-state index in [4.69, 9.17) is 5.73 Å². The van der Waals surface area contributed by atoms with Crippen molar-refractivity contribution in [3.05, 3.63) is 23.3 Å². The number of piperidine rings is 1. The number of hydrogen-bond donors (Lipinski definition) is 1. The molecule has 0 unspecified atom stereocenters. The lowest BCUT2D eigenvalue weighted by Gasteiger charge is -2.32. The lowest BCUT2D eigenvalue weighted by atomic mass is 9.98. The zero-order chi connectivity index (χ0) is 11.7. The molecule has 1 aromatic rings. The molecule has 0 saturated carbocycles. The highest BCUT2D eigenvalue weighted by atomic mass is 15.1. The van der Waals surface area contributed by atoms with Crippen LogP contribution in [0.3, 0.4) is 0 Å². The van der Waals surface area contributed by atoms with Crippen molar-refractivity contribution in [2.75, 3.05) is 23.7 Å². The van der Waals surface area contributed by atoms with E-state index in [-0.39, 0.29) is 0 Å². The summed E-state index contributed by atoms with van der Waals surface area (Å²) in [6.45, 7) is 8.90. The van der Waals surface area contributed by atoms with Crippen molar-refractivity contribution in [2.45, 2.75) is 33.6 Å². The molecule has 0 aliphatic carbocycles. The molecule has 0 spiro atoms. The minimum Gasteiger partial charge on any atom is -0.398 e. The summed E-state index contributed by atoms with van der Waals surface area (Å²) in [5.74, 6) is 0.882. The van der Waals surface area contributed by atoms with Gasteiger partial charge in [-0.2, -0.15) is 0 Å². The Hall–Kier alpha value is -1.18. The van der Waals surface area contributed by atoms with Crippen molar-refractivity contribution in [1.29, 1.82) is 0 Å². The van der Waals surface area contributed by atoms with Crippen LogP contribution in [0.5, 0.6) is 0 Å². The summed E-state index contributed by atoms with van der Waals surface area (Å²) in [6, 6.07) is 4.44. The highest BCUT2D eigenvalue weighted by molar-refractivity contribution is 5.62. The Morgan fingerprint density at radius 1 is 1.12 bits per heavy atom. The number of hydrogen-bond acceptors (Lipinski definition) is 2. The van der Waals surface area contributed by atoms with Crippen LogP contribution < -0.4 is 10.6 Å². The second-order valence-electron chi connectivity index (χ2n) is 5.16. The van der Waals surface area contributed by atoms with E-state index < -0.39 is 0 Å². The molecule has 1 aliphatic heterocycles. The van der Waals surface area contributed by atoms with Crippen LogP contribution in [0.15, 0.2) is 12.1 Å². The molecule has 2 heteroatoms. The minimum absolute atomic E-state index is 0.882. The van der Waals surface area contributed by atoms with Gasteiger partial charge in [0, 0.05) is 24.5 Å². The number of rotatable bonds is 1. The average Bonchev–Trinajstić information content (AvgIpc) is 2.26. The number of benzene rings is 1. The van der Waals surface area contributed by atoms with E-state index in [1.165, 1.54) is 42.7 Å². The summed E-state index contributed by atoms with van der Waals surface area (Å²) in [7, 11) is 0. The fourth-order valence-corrected chi connectivity index (χ4v) is 2.40. The SMILES string of the molecule is Cc1cc(N2CCC(C)CC2)cc(C)c1N. The van der Waals surface area contributed by atoms with Crippen LogP contribution in [0.2, 0.25) is 0 Å². The van der Waals surface area contributed by atoms with Crippen molar-refractivity contribution in [2.24, 2.45) is 5.92 Å². The number of nitrogen functional groups attached to an aromatic ring is 1. The summed E-state index contributed by atoms with van der Waals surface area (Å²) < 4.78 is 0. The van der Waals surface area contributed by atoms with Crippen LogP contribution >= 0.6 is 0 Å². The maximum Gasteiger partial charge on any atom is 0.0374 e. The van der Waals surface area contributed by atoms with Crippen molar-refractivity contribution in [3.8, 4) is 0 Å². The second-order valence-corrected chi connectivity index (χ2v) is 5.16. The van der Waals surface area contributed by atoms with Gasteiger partial charge in [-0.3, -0.25) is 0 Å². The van der Waals surface area contributed by atoms with Gasteiger partial charge in [0.15, 0.2) is 0 Å². The Morgan fingerprint density at radius 2 is 1.62 bits per heavy atom. The molecule has 88 valence electrons. The standard InChI is InChI=1S/C14H22N2/c1-10-4-6-16(7-5-10)13-8-11(2)14(15)12(3)9-13/h8-10H,4-7,15H2,1-3H3. The van der Waals surface area contributed by atoms with Crippen LogP contribution in [0.4, 0.5) is 11.4 Å². The number of nitrogens with zero attached hydrogens (tertiary/aromatic N) is 1. The van der Waals surface area contributed by atoms with E-state index in [1.54, 1.807) is 0 Å². The first-order valence-electron chi connectivity index (χ1n) is 6.19. The molecule has 0 radical (unpaired) electrons. The normalized spacial score (nSPS) is 17.8. The van der Waals surface area contributed by atoms with Crippen molar-refractivity contribution in [1.82, 2.24) is 0 Å². The summed E-state index contributed by atoms with van der Waals surface area (Å²) >= 11 is 0. The third kappa shape index (κ3) is 2.16. The minimum atomic E-state index is 0.882. The van der Waals surface area contributed by atoms with Gasteiger partial charge in [0.1, 0.15) is 0 Å². The first kappa shape index (κ1) is 11.3. The Balaban J connectivity index is 2.21. The van der Waals surface area contributed by atoms with Crippen LogP contribution in [0.25, 0.3) is 0 Å². The Morgan fingerprint density at radius 3 is 2.12 bits per heavy atom. The fourth-order valence-electron chi connectivity index (χ4n) is 2.40. The first-order valence-corrected chi connectivity index (χ1v) is 6.19. The lowest BCUT2D eigenvalue weighted by molar-refractivity contribution is 0.438. The van der Waals surface area contributed by atoms with Gasteiger partial charge in [-0.15, -0.1) is 0 Å². The van der Waals surface area contributed by atoms with Crippen molar-refractivity contribution >= 4 is 11.4 Å². The topological polar surface area (TPSA) is 29.3 Å². The molecule has 1 heterocycles. The smallest absolute Gasteiger partial charge is 0.0374 e. The van der Waals surface area contributed by atoms with Gasteiger partial charge >= 0.3 is 0 Å². The molecule has 2 nitrogen and oxygen atoms in total. The van der Waals surface area contributed by atoms with Crippen LogP contribution in [0, 0.1) is 19.8 Å². The molecule has 0 bridgehead atoms. The average molecular weight is 218 g/mol. The van der Waals surface area contributed by atoms with E-state index in [9.17, 15) is 0 Å². The zero-order valence-electron chi connectivity index (χ0n) is 10.6. The van der Waals surface area contributed by atoms with Gasteiger partial charge in [0.05, 0.1) is 0 Å². The van der Waals surface area contributed by atoms with Crippen LogP contribution in [0.1, 0.15) is 30.9 Å². The summed E-state index contributed by atoms with van der Waals surface area (Å²) in [5, 5.41) is 0. The predicted molar refractivity (Wildman–Crippen MR) is 70.9 cm³/mol. The maximum atomic E-state index is 5.98. The summed E-state index contributed by atoms with van der Waals surface area (Å²) in [6.07, 6.45) is 2.62. The van der Waals surface area contributed by atoms with E-state index >= 15 is 0 Å². The Bertz CT molecular complexity index is 353. The largest absolute Gasteiger partial charge is 0.398 e. The van der Waals surface area contributed by atoms with Crippen molar-refractivity contribution < 1.29 is 0 Å². The highest BCUT2D eigenvalue weighted by Gasteiger charge is 2.16. The molecule has 2 rings (SSSR count). The van der Waals surface area contributed by atoms with E-state index in [0.29, 0.717) is 0 Å². The molecule has 0 aromatic heterocycles. The van der Waals surface area contributed by atoms with E-state index in [1.807, 2.05) is 0 Å². The molecular weight excluding hydrogens is 196 g/mol. The number of anilines is 2. The molecule has 1 saturated heterocycles. The Labute approximate surface area is 98.4 Å². The van der Waals surface area contributed by atoms with Crippen molar-refractivity contribution in [3.63, 3.8) is 0 Å². The number of aryl methyl sites for hydroxylation is 2. The van der Waals surface area contributed by atoms with E-state index in [2.05, 4.69) is 37.8 Å². The summed E-state index contributed by atoms with van der Waals surface area (Å²) in [5.41, 5.74) is 10.7. The number of nitrogens with two attached hydrogens (primary N) is 1. The maximum absolute atomic E-state index is 5.98. The van der Waals surface area contributed by atoms with Crippen LogP contribution in [-0.2, 0) is 0 Å². The Kier molecular flexibility index (Phi) is 3.08. The predicted octanol–water partition coefficient (Wildman–Crippen LogP) is 3.12.